The van der Waals surface area contributed by atoms with Crippen LogP contribution in [0.5, 0.6) is 5.75 Å². The van der Waals surface area contributed by atoms with Crippen molar-refractivity contribution in [2.75, 3.05) is 19.0 Å². The molecule has 0 saturated carbocycles. The average molecular weight is 383 g/mol. The summed E-state index contributed by atoms with van der Waals surface area (Å²) >= 11 is 0. The van der Waals surface area contributed by atoms with Gasteiger partial charge in [-0.1, -0.05) is 0 Å². The van der Waals surface area contributed by atoms with Gasteiger partial charge in [0.2, 0.25) is 0 Å². The molecule has 0 unspecified atom stereocenters. The Balaban J connectivity index is 2.02. The van der Waals surface area contributed by atoms with E-state index in [2.05, 4.69) is 10.1 Å². The summed E-state index contributed by atoms with van der Waals surface area (Å²) in [5.41, 5.74) is 0.0268. The van der Waals surface area contributed by atoms with Crippen LogP contribution in [0.2, 0.25) is 0 Å². The Bertz CT molecular complexity index is 994. The Hall–Kier alpha value is -3.95. The number of esters is 1. The highest BCUT2D eigenvalue weighted by molar-refractivity contribution is 5.97. The summed E-state index contributed by atoms with van der Waals surface area (Å²) in [4.78, 5) is 23.8. The number of ether oxygens (including phenoxy) is 2. The van der Waals surface area contributed by atoms with E-state index < -0.39 is 30.4 Å². The minimum absolute atomic E-state index is 0.0368. The highest BCUT2D eigenvalue weighted by Gasteiger charge is 2.18. The van der Waals surface area contributed by atoms with Crippen LogP contribution in [0.3, 0.4) is 0 Å². The molecule has 2 aromatic carbocycles. The number of nitrogens with one attached hydrogen (secondary N) is 1. The van der Waals surface area contributed by atoms with E-state index in [1.807, 2.05) is 6.07 Å². The minimum atomic E-state index is -1.60. The number of methoxy groups -OCH3 is 1. The van der Waals surface area contributed by atoms with Crippen LogP contribution in [0.1, 0.15) is 21.5 Å². The third-order valence-electron chi connectivity index (χ3n) is 3.58. The molecule has 0 aliphatic rings. The van der Waals surface area contributed by atoms with Crippen LogP contribution in [-0.2, 0) is 9.53 Å². The molecule has 2 rings (SSSR count). The molecule has 28 heavy (non-hydrogen) atoms. The predicted octanol–water partition coefficient (Wildman–Crippen LogP) is 1.73. The molecular formula is C19H14FN3O5. The number of nitrogens with zero attached hydrogens (tertiary/aromatic N) is 2. The van der Waals surface area contributed by atoms with Crippen molar-refractivity contribution in [3.05, 3.63) is 58.9 Å². The maximum Gasteiger partial charge on any atom is 0.339 e. The van der Waals surface area contributed by atoms with Crippen molar-refractivity contribution in [1.82, 2.24) is 0 Å². The number of nitriles is 2. The van der Waals surface area contributed by atoms with E-state index in [0.717, 1.165) is 13.2 Å². The van der Waals surface area contributed by atoms with E-state index in [-0.39, 0.29) is 28.1 Å². The van der Waals surface area contributed by atoms with Crippen molar-refractivity contribution in [3.63, 3.8) is 0 Å². The maximum absolute atomic E-state index is 13.5. The van der Waals surface area contributed by atoms with E-state index in [4.69, 9.17) is 15.3 Å². The topological polar surface area (TPSA) is 132 Å². The van der Waals surface area contributed by atoms with E-state index in [1.54, 1.807) is 6.07 Å². The Kier molecular flexibility index (Phi) is 6.63. The zero-order chi connectivity index (χ0) is 20.7. The molecule has 2 N–H and O–H groups in total. The fourth-order valence-electron chi connectivity index (χ4n) is 2.15. The molecule has 142 valence electrons. The maximum atomic E-state index is 13.5. The van der Waals surface area contributed by atoms with Crippen molar-refractivity contribution in [3.8, 4) is 17.9 Å². The highest BCUT2D eigenvalue weighted by atomic mass is 19.1. The fraction of sp³-hybridized carbons (Fsp3) is 0.158. The van der Waals surface area contributed by atoms with Gasteiger partial charge in [-0.3, -0.25) is 4.79 Å². The van der Waals surface area contributed by atoms with Crippen molar-refractivity contribution >= 4 is 17.6 Å². The Morgan fingerprint density at radius 2 is 1.86 bits per heavy atom. The number of hydrogen-bond acceptors (Lipinski definition) is 7. The van der Waals surface area contributed by atoms with Gasteiger partial charge in [-0.05, 0) is 30.3 Å². The second-order valence-corrected chi connectivity index (χ2v) is 5.43. The molecule has 0 heterocycles. The van der Waals surface area contributed by atoms with Crippen LogP contribution in [0.25, 0.3) is 0 Å². The zero-order valence-electron chi connectivity index (χ0n) is 14.6. The van der Waals surface area contributed by atoms with Gasteiger partial charge < -0.3 is 19.9 Å². The van der Waals surface area contributed by atoms with Gasteiger partial charge >= 0.3 is 5.97 Å². The predicted molar refractivity (Wildman–Crippen MR) is 93.7 cm³/mol. The number of hydrogen-bond donors (Lipinski definition) is 2. The molecule has 0 aliphatic heterocycles. The smallest absolute Gasteiger partial charge is 0.339 e. The van der Waals surface area contributed by atoms with Crippen LogP contribution in [0, 0.1) is 28.5 Å². The number of benzene rings is 2. The van der Waals surface area contributed by atoms with Crippen molar-refractivity contribution in [2.45, 2.75) is 6.10 Å². The molecule has 0 saturated heterocycles. The van der Waals surface area contributed by atoms with Crippen molar-refractivity contribution < 1.29 is 28.6 Å². The molecule has 1 atom stereocenters. The number of carbonyl (C=O) groups is 2. The number of aliphatic hydroxyl groups excluding tert-OH is 1. The summed E-state index contributed by atoms with van der Waals surface area (Å²) in [5, 5.41) is 30.0. The summed E-state index contributed by atoms with van der Waals surface area (Å²) in [6, 6.07) is 10.9. The van der Waals surface area contributed by atoms with Crippen LogP contribution in [-0.4, -0.2) is 36.8 Å². The molecule has 0 spiro atoms. The van der Waals surface area contributed by atoms with Crippen LogP contribution in [0.15, 0.2) is 36.4 Å². The van der Waals surface area contributed by atoms with E-state index in [0.29, 0.717) is 0 Å². The second kappa shape index (κ2) is 9.12. The lowest BCUT2D eigenvalue weighted by Crippen LogP contribution is -2.33. The van der Waals surface area contributed by atoms with Crippen LogP contribution in [0.4, 0.5) is 10.1 Å². The number of rotatable bonds is 6. The number of amides is 1. The molecule has 0 bridgehead atoms. The second-order valence-electron chi connectivity index (χ2n) is 5.43. The summed E-state index contributed by atoms with van der Waals surface area (Å²) < 4.78 is 23.2. The summed E-state index contributed by atoms with van der Waals surface area (Å²) in [7, 11) is 1.15. The van der Waals surface area contributed by atoms with Gasteiger partial charge in [0.25, 0.3) is 5.91 Å². The summed E-state index contributed by atoms with van der Waals surface area (Å²) in [6.07, 6.45) is -1.60. The first kappa shape index (κ1) is 20.4. The van der Waals surface area contributed by atoms with Gasteiger partial charge in [0, 0.05) is 11.8 Å². The Morgan fingerprint density at radius 3 is 2.46 bits per heavy atom. The molecule has 0 fully saturated rings. The molecule has 0 radical (unpaired) electrons. The monoisotopic (exact) mass is 383 g/mol. The molecule has 9 heteroatoms. The van der Waals surface area contributed by atoms with Crippen molar-refractivity contribution in [1.29, 1.82) is 10.5 Å². The third-order valence-corrected chi connectivity index (χ3v) is 3.58. The Labute approximate surface area is 159 Å². The first-order chi connectivity index (χ1) is 13.4. The lowest BCUT2D eigenvalue weighted by atomic mass is 10.1. The molecule has 8 nitrogen and oxygen atoms in total. The minimum Gasteiger partial charge on any atom is -0.490 e. The van der Waals surface area contributed by atoms with Gasteiger partial charge in [0.1, 0.15) is 30.3 Å². The summed E-state index contributed by atoms with van der Waals surface area (Å²) in [6.45, 7) is -0.475. The van der Waals surface area contributed by atoms with Gasteiger partial charge in [-0.25, -0.2) is 9.18 Å². The third kappa shape index (κ3) is 4.81. The quantitative estimate of drug-likeness (QED) is 0.726. The molecule has 0 aliphatic carbocycles. The van der Waals surface area contributed by atoms with Crippen LogP contribution >= 0.6 is 0 Å². The number of carbonyl (C=O) groups excluding carboxylic acids is 2. The average Bonchev–Trinajstić information content (AvgIpc) is 2.71. The lowest BCUT2D eigenvalue weighted by Gasteiger charge is -2.13. The number of halogens is 1. The number of aliphatic hydroxyl groups is 1. The zero-order valence-corrected chi connectivity index (χ0v) is 14.6. The first-order valence-corrected chi connectivity index (χ1v) is 7.83. The van der Waals surface area contributed by atoms with E-state index in [9.17, 15) is 19.1 Å². The van der Waals surface area contributed by atoms with Gasteiger partial charge in [0.05, 0.1) is 23.8 Å². The molecular weight excluding hydrogens is 369 g/mol. The standard InChI is InChI=1S/C19H14FN3O5/c1-27-19(26)15-6-13(4-2-11(15)8-21)23-18(25)17(24)10-28-14-5-3-12(9-22)16(20)7-14/h2-7,17,24H,10H2,1H3,(H,23,25)/t17-/m0/s1. The Morgan fingerprint density at radius 1 is 1.18 bits per heavy atom. The van der Waals surface area contributed by atoms with Crippen LogP contribution < -0.4 is 10.1 Å². The highest BCUT2D eigenvalue weighted by Crippen LogP contribution is 2.18. The molecule has 2 aromatic rings. The lowest BCUT2D eigenvalue weighted by molar-refractivity contribution is -0.125. The molecule has 1 amide bonds. The van der Waals surface area contributed by atoms with Gasteiger partial charge in [-0.15, -0.1) is 0 Å². The summed E-state index contributed by atoms with van der Waals surface area (Å²) in [5.74, 6) is -2.34. The van der Waals surface area contributed by atoms with E-state index in [1.165, 1.54) is 30.3 Å². The largest absolute Gasteiger partial charge is 0.490 e. The molecule has 0 aromatic heterocycles. The SMILES string of the molecule is COC(=O)c1cc(NC(=O)[C@@H](O)COc2ccc(C#N)c(F)c2)ccc1C#N. The number of anilines is 1. The van der Waals surface area contributed by atoms with Crippen molar-refractivity contribution in [2.24, 2.45) is 0 Å². The van der Waals surface area contributed by atoms with Gasteiger partial charge in [0.15, 0.2) is 6.10 Å². The van der Waals surface area contributed by atoms with Gasteiger partial charge in [-0.2, -0.15) is 10.5 Å². The first-order valence-electron chi connectivity index (χ1n) is 7.83. The van der Waals surface area contributed by atoms with E-state index >= 15 is 0 Å². The fourth-order valence-corrected chi connectivity index (χ4v) is 2.15. The normalized spacial score (nSPS) is 10.9.